The Morgan fingerprint density at radius 1 is 1.25 bits per heavy atom. The van der Waals surface area contributed by atoms with E-state index in [9.17, 15) is 14.9 Å². The van der Waals surface area contributed by atoms with Crippen LogP contribution in [0.5, 0.6) is 0 Å². The molecule has 2 amide bonds. The van der Waals surface area contributed by atoms with Gasteiger partial charge in [-0.2, -0.15) is 5.26 Å². The van der Waals surface area contributed by atoms with Crippen molar-refractivity contribution in [3.63, 3.8) is 0 Å². The van der Waals surface area contributed by atoms with Gasteiger partial charge in [0.1, 0.15) is 5.41 Å². The SMILES string of the molecule is N#CC1(C(=O)Nc2ccc(C(N)=O)cc2)CCOCC1. The molecule has 2 rings (SSSR count). The maximum atomic E-state index is 12.3. The van der Waals surface area contributed by atoms with Gasteiger partial charge in [-0.1, -0.05) is 0 Å². The molecular weight excluding hydrogens is 258 g/mol. The number of nitrogens with one attached hydrogen (secondary N) is 1. The lowest BCUT2D eigenvalue weighted by Crippen LogP contribution is -2.39. The zero-order valence-corrected chi connectivity index (χ0v) is 10.9. The summed E-state index contributed by atoms with van der Waals surface area (Å²) in [6, 6.07) is 8.33. The average Bonchev–Trinajstić information content (AvgIpc) is 2.48. The van der Waals surface area contributed by atoms with Crippen LogP contribution in [0.25, 0.3) is 0 Å². The quantitative estimate of drug-likeness (QED) is 0.858. The molecule has 1 aromatic carbocycles. The van der Waals surface area contributed by atoms with Crippen molar-refractivity contribution >= 4 is 17.5 Å². The lowest BCUT2D eigenvalue weighted by atomic mass is 9.81. The number of ether oxygens (including phenoxy) is 1. The van der Waals surface area contributed by atoms with Crippen LogP contribution < -0.4 is 11.1 Å². The minimum atomic E-state index is -1.04. The maximum absolute atomic E-state index is 12.3. The van der Waals surface area contributed by atoms with Gasteiger partial charge in [0, 0.05) is 24.5 Å². The van der Waals surface area contributed by atoms with E-state index in [-0.39, 0.29) is 5.91 Å². The lowest BCUT2D eigenvalue weighted by molar-refractivity contribution is -0.126. The van der Waals surface area contributed by atoms with Crippen LogP contribution in [0.3, 0.4) is 0 Å². The van der Waals surface area contributed by atoms with E-state index >= 15 is 0 Å². The minimum Gasteiger partial charge on any atom is -0.381 e. The van der Waals surface area contributed by atoms with Crippen LogP contribution in [-0.2, 0) is 9.53 Å². The Morgan fingerprint density at radius 3 is 2.35 bits per heavy atom. The zero-order chi connectivity index (χ0) is 14.6. The van der Waals surface area contributed by atoms with Crippen LogP contribution in [0.1, 0.15) is 23.2 Å². The number of carbonyl (C=O) groups is 2. The molecule has 0 bridgehead atoms. The van der Waals surface area contributed by atoms with E-state index in [1.165, 1.54) is 12.1 Å². The fourth-order valence-electron chi connectivity index (χ4n) is 2.08. The number of hydrogen-bond acceptors (Lipinski definition) is 4. The van der Waals surface area contributed by atoms with Gasteiger partial charge in [-0.15, -0.1) is 0 Å². The van der Waals surface area contributed by atoms with Crippen LogP contribution in [0.15, 0.2) is 24.3 Å². The van der Waals surface area contributed by atoms with Crippen LogP contribution in [0, 0.1) is 16.7 Å². The molecule has 0 radical (unpaired) electrons. The highest BCUT2D eigenvalue weighted by Crippen LogP contribution is 2.31. The van der Waals surface area contributed by atoms with Crippen LogP contribution >= 0.6 is 0 Å². The number of nitrogens with two attached hydrogens (primary N) is 1. The highest BCUT2D eigenvalue weighted by molar-refractivity contribution is 5.98. The lowest BCUT2D eigenvalue weighted by Gasteiger charge is -2.29. The molecule has 6 nitrogen and oxygen atoms in total. The standard InChI is InChI=1S/C14H15N3O3/c15-9-14(5-7-20-8-6-14)13(19)17-11-3-1-10(2-4-11)12(16)18/h1-4H,5-8H2,(H2,16,18)(H,17,19). The Morgan fingerprint density at radius 2 is 1.85 bits per heavy atom. The second-order valence-corrected chi connectivity index (χ2v) is 4.70. The van der Waals surface area contributed by atoms with Crippen molar-refractivity contribution < 1.29 is 14.3 Å². The van der Waals surface area contributed by atoms with Crippen molar-refractivity contribution in [2.75, 3.05) is 18.5 Å². The molecule has 0 atom stereocenters. The maximum Gasteiger partial charge on any atom is 0.248 e. The molecule has 1 aromatic rings. The number of carbonyl (C=O) groups excluding carboxylic acids is 2. The van der Waals surface area contributed by atoms with Crippen LogP contribution in [0.2, 0.25) is 0 Å². The Bertz CT molecular complexity index is 554. The van der Waals surface area contributed by atoms with Crippen molar-refractivity contribution in [2.24, 2.45) is 11.1 Å². The van der Waals surface area contributed by atoms with Gasteiger partial charge in [-0.3, -0.25) is 9.59 Å². The zero-order valence-electron chi connectivity index (χ0n) is 10.9. The largest absolute Gasteiger partial charge is 0.381 e. The second kappa shape index (κ2) is 5.72. The molecule has 1 heterocycles. The number of anilines is 1. The van der Waals surface area contributed by atoms with Crippen molar-refractivity contribution in [3.8, 4) is 6.07 Å². The first kappa shape index (κ1) is 14.0. The third-order valence-electron chi connectivity index (χ3n) is 3.42. The third kappa shape index (κ3) is 2.78. The summed E-state index contributed by atoms with van der Waals surface area (Å²) in [6.45, 7) is 0.809. The predicted octanol–water partition coefficient (Wildman–Crippen LogP) is 1.04. The molecule has 0 aliphatic carbocycles. The molecule has 104 valence electrons. The van der Waals surface area contributed by atoms with Gasteiger partial charge in [0.15, 0.2) is 0 Å². The predicted molar refractivity (Wildman–Crippen MR) is 71.7 cm³/mol. The van der Waals surface area contributed by atoms with E-state index in [4.69, 9.17) is 10.5 Å². The first-order valence-corrected chi connectivity index (χ1v) is 6.28. The number of nitrogens with zero attached hydrogens (tertiary/aromatic N) is 1. The van der Waals surface area contributed by atoms with Crippen molar-refractivity contribution in [3.05, 3.63) is 29.8 Å². The molecule has 3 N–H and O–H groups in total. The van der Waals surface area contributed by atoms with Gasteiger partial charge < -0.3 is 15.8 Å². The number of rotatable bonds is 3. The summed E-state index contributed by atoms with van der Waals surface area (Å²) in [7, 11) is 0. The minimum absolute atomic E-state index is 0.338. The molecule has 20 heavy (non-hydrogen) atoms. The van der Waals surface area contributed by atoms with Gasteiger partial charge in [0.2, 0.25) is 11.8 Å². The molecule has 0 unspecified atom stereocenters. The molecule has 0 spiro atoms. The molecule has 0 aromatic heterocycles. The normalized spacial score (nSPS) is 16.9. The first-order chi connectivity index (χ1) is 9.57. The van der Waals surface area contributed by atoms with Crippen molar-refractivity contribution in [1.82, 2.24) is 0 Å². The first-order valence-electron chi connectivity index (χ1n) is 6.28. The van der Waals surface area contributed by atoms with E-state index in [1.54, 1.807) is 12.1 Å². The summed E-state index contributed by atoms with van der Waals surface area (Å²) < 4.78 is 5.19. The fraction of sp³-hybridized carbons (Fsp3) is 0.357. The molecular formula is C14H15N3O3. The number of nitriles is 1. The Hall–Kier alpha value is -2.39. The molecule has 1 fully saturated rings. The highest BCUT2D eigenvalue weighted by Gasteiger charge is 2.40. The van der Waals surface area contributed by atoms with E-state index in [1.807, 2.05) is 0 Å². The summed E-state index contributed by atoms with van der Waals surface area (Å²) in [4.78, 5) is 23.2. The monoisotopic (exact) mass is 273 g/mol. The van der Waals surface area contributed by atoms with Crippen LogP contribution in [0.4, 0.5) is 5.69 Å². The van der Waals surface area contributed by atoms with E-state index in [2.05, 4.69) is 11.4 Å². The summed E-state index contributed by atoms with van der Waals surface area (Å²) in [5.74, 6) is -0.865. The van der Waals surface area contributed by atoms with Gasteiger partial charge in [0.25, 0.3) is 0 Å². The van der Waals surface area contributed by atoms with Gasteiger partial charge in [0.05, 0.1) is 6.07 Å². The van der Waals surface area contributed by atoms with Gasteiger partial charge >= 0.3 is 0 Å². The second-order valence-electron chi connectivity index (χ2n) is 4.70. The van der Waals surface area contributed by atoms with E-state index in [0.717, 1.165) is 0 Å². The smallest absolute Gasteiger partial charge is 0.248 e. The number of amides is 2. The summed E-state index contributed by atoms with van der Waals surface area (Å²) >= 11 is 0. The van der Waals surface area contributed by atoms with E-state index in [0.29, 0.717) is 37.3 Å². The Kier molecular flexibility index (Phi) is 4.01. The van der Waals surface area contributed by atoms with Crippen molar-refractivity contribution in [2.45, 2.75) is 12.8 Å². The summed E-state index contributed by atoms with van der Waals surface area (Å²) in [6.07, 6.45) is 0.767. The molecule has 1 aliphatic rings. The summed E-state index contributed by atoms with van der Waals surface area (Å²) in [5, 5.41) is 12.0. The molecule has 1 aliphatic heterocycles. The molecule has 1 saturated heterocycles. The highest BCUT2D eigenvalue weighted by atomic mass is 16.5. The Balaban J connectivity index is 2.10. The number of benzene rings is 1. The van der Waals surface area contributed by atoms with Gasteiger partial charge in [-0.25, -0.2) is 0 Å². The fourth-order valence-corrected chi connectivity index (χ4v) is 2.08. The summed E-state index contributed by atoms with van der Waals surface area (Å²) in [5.41, 5.74) is 4.99. The molecule has 0 saturated carbocycles. The van der Waals surface area contributed by atoms with E-state index < -0.39 is 11.3 Å². The van der Waals surface area contributed by atoms with Gasteiger partial charge in [-0.05, 0) is 37.1 Å². The topological polar surface area (TPSA) is 105 Å². The third-order valence-corrected chi connectivity index (χ3v) is 3.42. The van der Waals surface area contributed by atoms with Crippen molar-refractivity contribution in [1.29, 1.82) is 5.26 Å². The number of hydrogen-bond donors (Lipinski definition) is 2. The number of primary amides is 1. The Labute approximate surface area is 116 Å². The molecule has 6 heteroatoms. The average molecular weight is 273 g/mol. The van der Waals surface area contributed by atoms with Crippen LogP contribution in [-0.4, -0.2) is 25.0 Å².